The van der Waals surface area contributed by atoms with E-state index in [1.54, 1.807) is 24.3 Å². The number of aliphatic carboxylic acids is 1. The Hall–Kier alpha value is -3.26. The lowest BCUT2D eigenvalue weighted by Crippen LogP contribution is -2.23. The van der Waals surface area contributed by atoms with E-state index in [1.807, 2.05) is 32.0 Å². The number of amides is 1. The molecule has 30 heavy (non-hydrogen) atoms. The van der Waals surface area contributed by atoms with Crippen molar-refractivity contribution in [3.05, 3.63) is 58.0 Å². The van der Waals surface area contributed by atoms with Crippen molar-refractivity contribution in [1.29, 1.82) is 0 Å². The van der Waals surface area contributed by atoms with Crippen LogP contribution in [0.2, 0.25) is 0 Å². The normalized spacial score (nSPS) is 17.1. The largest absolute Gasteiger partial charge is 0.493 e. The molecule has 1 amide bonds. The van der Waals surface area contributed by atoms with Gasteiger partial charge in [0.2, 0.25) is 0 Å². The lowest BCUT2D eigenvalue weighted by atomic mass is 10.1. The molecule has 8 heteroatoms. The maximum absolute atomic E-state index is 12.4. The zero-order valence-corrected chi connectivity index (χ0v) is 17.9. The van der Waals surface area contributed by atoms with Gasteiger partial charge in [-0.05, 0) is 67.9 Å². The fraction of sp³-hybridized carbons (Fsp3) is 0.227. The van der Waals surface area contributed by atoms with Gasteiger partial charge in [0.25, 0.3) is 5.91 Å². The number of carbonyl (C=O) groups is 2. The molecular formula is C22H22N2O5S. The van der Waals surface area contributed by atoms with Crippen molar-refractivity contribution in [3.8, 4) is 11.5 Å². The molecule has 2 N–H and O–H groups in total. The third kappa shape index (κ3) is 5.01. The van der Waals surface area contributed by atoms with Gasteiger partial charge in [-0.1, -0.05) is 23.8 Å². The van der Waals surface area contributed by atoms with Crippen molar-refractivity contribution in [3.63, 3.8) is 0 Å². The third-order valence-electron chi connectivity index (χ3n) is 4.36. The van der Waals surface area contributed by atoms with Crippen molar-refractivity contribution in [1.82, 2.24) is 5.32 Å². The maximum atomic E-state index is 12.4. The first-order valence-electron chi connectivity index (χ1n) is 9.21. The molecule has 0 aliphatic carbocycles. The molecule has 1 unspecified atom stereocenters. The minimum atomic E-state index is -1.07. The Morgan fingerprint density at radius 1 is 1.20 bits per heavy atom. The average Bonchev–Trinajstić information content (AvgIpc) is 3.04. The molecule has 1 aliphatic heterocycles. The highest BCUT2D eigenvalue weighted by atomic mass is 32.2. The van der Waals surface area contributed by atoms with Crippen LogP contribution in [0.4, 0.5) is 5.69 Å². The topological polar surface area (TPSA) is 97.2 Å². The summed E-state index contributed by atoms with van der Waals surface area (Å²) in [5, 5.41) is 12.3. The van der Waals surface area contributed by atoms with E-state index >= 15 is 0 Å². The van der Waals surface area contributed by atoms with Crippen LogP contribution in [0.15, 0.2) is 46.3 Å². The number of carbonyl (C=O) groups excluding carboxylic acids is 1. The number of ether oxygens (including phenoxy) is 2. The average molecular weight is 426 g/mol. The maximum Gasteiger partial charge on any atom is 0.344 e. The summed E-state index contributed by atoms with van der Waals surface area (Å²) in [5.41, 5.74) is 3.71. The van der Waals surface area contributed by atoms with Gasteiger partial charge >= 0.3 is 5.97 Å². The molecule has 1 saturated heterocycles. The Morgan fingerprint density at radius 3 is 2.63 bits per heavy atom. The molecule has 2 aromatic carbocycles. The van der Waals surface area contributed by atoms with Crippen molar-refractivity contribution < 1.29 is 24.2 Å². The summed E-state index contributed by atoms with van der Waals surface area (Å²) in [5.74, 6) is -0.611. The third-order valence-corrected chi connectivity index (χ3v) is 5.27. The zero-order chi connectivity index (χ0) is 21.8. The summed E-state index contributed by atoms with van der Waals surface area (Å²) >= 11 is 1.25. The molecule has 156 valence electrons. The Labute approximate surface area is 178 Å². The van der Waals surface area contributed by atoms with Crippen LogP contribution in [0.25, 0.3) is 6.08 Å². The first kappa shape index (κ1) is 21.4. The summed E-state index contributed by atoms with van der Waals surface area (Å²) in [4.78, 5) is 28.4. The molecular weight excluding hydrogens is 404 g/mol. The van der Waals surface area contributed by atoms with Gasteiger partial charge in [-0.2, -0.15) is 0 Å². The molecule has 0 aromatic heterocycles. The van der Waals surface area contributed by atoms with Crippen LogP contribution in [0.3, 0.4) is 0 Å². The molecule has 0 saturated carbocycles. The predicted molar refractivity (Wildman–Crippen MR) is 117 cm³/mol. The van der Waals surface area contributed by atoms with Crippen LogP contribution in [-0.2, 0) is 9.59 Å². The Balaban J connectivity index is 1.82. The molecule has 1 atom stereocenters. The number of nitrogens with zero attached hydrogens (tertiary/aromatic N) is 1. The summed E-state index contributed by atoms with van der Waals surface area (Å²) in [6.07, 6.45) is 0.709. The Bertz CT molecular complexity index is 1060. The molecule has 0 spiro atoms. The minimum absolute atomic E-state index is 0.234. The molecule has 1 fully saturated rings. The first-order valence-corrected chi connectivity index (χ1v) is 10.0. The van der Waals surface area contributed by atoms with Crippen LogP contribution in [0.5, 0.6) is 11.5 Å². The van der Waals surface area contributed by atoms with E-state index < -0.39 is 12.1 Å². The predicted octanol–water partition coefficient (Wildman–Crippen LogP) is 4.06. The van der Waals surface area contributed by atoms with Crippen molar-refractivity contribution >= 4 is 40.6 Å². The number of methoxy groups -OCH3 is 1. The fourth-order valence-corrected chi connectivity index (χ4v) is 3.62. The van der Waals surface area contributed by atoms with Crippen molar-refractivity contribution in [2.75, 3.05) is 7.11 Å². The lowest BCUT2D eigenvalue weighted by molar-refractivity contribution is -0.144. The van der Waals surface area contributed by atoms with E-state index in [4.69, 9.17) is 14.6 Å². The molecule has 1 heterocycles. The molecule has 0 bridgehead atoms. The standard InChI is InChI=1S/C22H22N2O5S/c1-12-5-7-16(13(2)9-12)23-22-24-20(25)19(30-22)11-15-6-8-17(18(10-15)28-4)29-14(3)21(26)27/h5-11,14H,1-4H3,(H,26,27)(H,23,24,25)/b19-11+. The fourth-order valence-electron chi connectivity index (χ4n) is 2.78. The first-order chi connectivity index (χ1) is 14.3. The van der Waals surface area contributed by atoms with E-state index in [1.165, 1.54) is 25.8 Å². The second-order valence-corrected chi connectivity index (χ2v) is 7.81. The second-order valence-electron chi connectivity index (χ2n) is 6.78. The number of rotatable bonds is 6. The Morgan fingerprint density at radius 2 is 1.97 bits per heavy atom. The number of hydrogen-bond donors (Lipinski definition) is 2. The smallest absolute Gasteiger partial charge is 0.344 e. The monoisotopic (exact) mass is 426 g/mol. The number of carboxylic acids is 1. The highest BCUT2D eigenvalue weighted by Crippen LogP contribution is 2.33. The van der Waals surface area contributed by atoms with E-state index in [-0.39, 0.29) is 5.91 Å². The van der Waals surface area contributed by atoms with E-state index in [0.717, 1.165) is 16.8 Å². The van der Waals surface area contributed by atoms with Crippen LogP contribution in [0.1, 0.15) is 23.6 Å². The highest BCUT2D eigenvalue weighted by Gasteiger charge is 2.24. The SMILES string of the molecule is COc1cc(/C=C2/SC(=Nc3ccc(C)cc3C)NC2=O)ccc1OC(C)C(=O)O. The van der Waals surface area contributed by atoms with Gasteiger partial charge in [-0.15, -0.1) is 0 Å². The molecule has 1 aliphatic rings. The number of amidine groups is 1. The summed E-state index contributed by atoms with van der Waals surface area (Å²) < 4.78 is 10.7. The van der Waals surface area contributed by atoms with E-state index in [9.17, 15) is 9.59 Å². The number of carboxylic acid groups (broad SMARTS) is 1. The van der Waals surface area contributed by atoms with Crippen LogP contribution in [-0.4, -0.2) is 35.4 Å². The highest BCUT2D eigenvalue weighted by molar-refractivity contribution is 8.18. The van der Waals surface area contributed by atoms with Gasteiger partial charge in [0.15, 0.2) is 22.8 Å². The summed E-state index contributed by atoms with van der Waals surface area (Å²) in [6, 6.07) is 11.0. The summed E-state index contributed by atoms with van der Waals surface area (Å²) in [6.45, 7) is 5.43. The van der Waals surface area contributed by atoms with Gasteiger partial charge in [0, 0.05) is 0 Å². The number of benzene rings is 2. The van der Waals surface area contributed by atoms with Gasteiger partial charge in [-0.25, -0.2) is 9.79 Å². The zero-order valence-electron chi connectivity index (χ0n) is 17.1. The molecule has 2 aromatic rings. The van der Waals surface area contributed by atoms with Crippen LogP contribution in [0, 0.1) is 13.8 Å². The minimum Gasteiger partial charge on any atom is -0.493 e. The quantitative estimate of drug-likeness (QED) is 0.676. The van der Waals surface area contributed by atoms with Gasteiger partial charge in [-0.3, -0.25) is 4.79 Å². The van der Waals surface area contributed by atoms with Gasteiger partial charge < -0.3 is 19.9 Å². The van der Waals surface area contributed by atoms with Gasteiger partial charge in [0.1, 0.15) is 0 Å². The molecule has 3 rings (SSSR count). The van der Waals surface area contributed by atoms with Crippen molar-refractivity contribution in [2.24, 2.45) is 4.99 Å². The van der Waals surface area contributed by atoms with Crippen molar-refractivity contribution in [2.45, 2.75) is 26.9 Å². The van der Waals surface area contributed by atoms with Crippen LogP contribution < -0.4 is 14.8 Å². The number of hydrogen-bond acceptors (Lipinski definition) is 6. The summed E-state index contributed by atoms with van der Waals surface area (Å²) in [7, 11) is 1.47. The molecule has 7 nitrogen and oxygen atoms in total. The van der Waals surface area contributed by atoms with Crippen LogP contribution >= 0.6 is 11.8 Å². The number of nitrogens with one attached hydrogen (secondary N) is 1. The number of aryl methyl sites for hydroxylation is 2. The lowest BCUT2D eigenvalue weighted by Gasteiger charge is -2.14. The number of aliphatic imine (C=N–C) groups is 1. The van der Waals surface area contributed by atoms with Gasteiger partial charge in [0.05, 0.1) is 17.7 Å². The van der Waals surface area contributed by atoms with E-state index in [2.05, 4.69) is 10.3 Å². The Kier molecular flexibility index (Phi) is 6.47. The van der Waals surface area contributed by atoms with E-state index in [0.29, 0.717) is 27.1 Å². The second kappa shape index (κ2) is 9.04. The number of thioether (sulfide) groups is 1. The molecule has 0 radical (unpaired) electrons.